The van der Waals surface area contributed by atoms with Crippen molar-refractivity contribution in [2.24, 2.45) is 0 Å². The van der Waals surface area contributed by atoms with Gasteiger partial charge >= 0.3 is 5.97 Å². The molecule has 0 aromatic heterocycles. The molecule has 0 aliphatic heterocycles. The number of hydrogen-bond acceptors (Lipinski definition) is 2. The van der Waals surface area contributed by atoms with Crippen LogP contribution in [0.3, 0.4) is 0 Å². The van der Waals surface area contributed by atoms with Crippen LogP contribution >= 0.6 is 0 Å². The summed E-state index contributed by atoms with van der Waals surface area (Å²) in [6, 6.07) is 0. The fourth-order valence-electron chi connectivity index (χ4n) is 1.64. The Morgan fingerprint density at radius 2 is 1.73 bits per heavy atom. The Hall–Kier alpha value is -1.31. The van der Waals surface area contributed by atoms with E-state index in [2.05, 4.69) is 40.0 Å². The monoisotopic (exact) mass is 308 g/mol. The molecule has 0 heterocycles. The predicted octanol–water partition coefficient (Wildman–Crippen LogP) is 6.39. The predicted molar refractivity (Wildman–Crippen MR) is 98.0 cm³/mol. The van der Waals surface area contributed by atoms with Gasteiger partial charge in [-0.2, -0.15) is 0 Å². The highest BCUT2D eigenvalue weighted by Gasteiger charge is 1.98. The summed E-state index contributed by atoms with van der Waals surface area (Å²) < 4.78 is 4.99. The highest BCUT2D eigenvalue weighted by atomic mass is 16.5. The fourth-order valence-corrected chi connectivity index (χ4v) is 1.64. The first kappa shape index (κ1) is 23.0. The standard InChI is InChI=1S/C10H20O2.C10H16/c1-3-5-6-7-9-12-10(11)8-4-2;1-5-10(4)8-6-7-9(2)3/h3-9H2,1-2H3;5,7H,1,4,6,8H2,2-3H3. The van der Waals surface area contributed by atoms with E-state index in [9.17, 15) is 4.79 Å². The molecule has 0 radical (unpaired) electrons. The molecule has 0 unspecified atom stereocenters. The molecule has 22 heavy (non-hydrogen) atoms. The summed E-state index contributed by atoms with van der Waals surface area (Å²) in [6.07, 6.45) is 12.3. The van der Waals surface area contributed by atoms with Crippen LogP contribution in [0.2, 0.25) is 0 Å². The van der Waals surface area contributed by atoms with Crippen molar-refractivity contribution in [1.29, 1.82) is 0 Å². The van der Waals surface area contributed by atoms with Crippen LogP contribution in [0.5, 0.6) is 0 Å². The van der Waals surface area contributed by atoms with Crippen molar-refractivity contribution in [3.8, 4) is 0 Å². The van der Waals surface area contributed by atoms with Crippen LogP contribution in [0, 0.1) is 0 Å². The minimum absolute atomic E-state index is 0.0472. The number of hydrogen-bond donors (Lipinski definition) is 0. The van der Waals surface area contributed by atoms with Gasteiger partial charge in [0.2, 0.25) is 0 Å². The van der Waals surface area contributed by atoms with Crippen LogP contribution in [-0.4, -0.2) is 12.6 Å². The smallest absolute Gasteiger partial charge is 0.305 e. The molecule has 0 amide bonds. The lowest BCUT2D eigenvalue weighted by molar-refractivity contribution is -0.143. The van der Waals surface area contributed by atoms with Gasteiger partial charge in [-0.25, -0.2) is 0 Å². The molecule has 0 rings (SSSR count). The van der Waals surface area contributed by atoms with Gasteiger partial charge in [0, 0.05) is 6.42 Å². The van der Waals surface area contributed by atoms with Crippen molar-refractivity contribution >= 4 is 5.97 Å². The molecule has 0 fully saturated rings. The van der Waals surface area contributed by atoms with Crippen molar-refractivity contribution in [3.05, 3.63) is 36.5 Å². The average Bonchev–Trinajstić information content (AvgIpc) is 2.47. The summed E-state index contributed by atoms with van der Waals surface area (Å²) in [5.41, 5.74) is 2.49. The Balaban J connectivity index is 0. The molecule has 0 saturated heterocycles. The molecule has 128 valence electrons. The molecule has 2 nitrogen and oxygen atoms in total. The van der Waals surface area contributed by atoms with Gasteiger partial charge in [-0.05, 0) is 39.5 Å². The quantitative estimate of drug-likeness (QED) is 0.191. The maximum atomic E-state index is 10.9. The zero-order valence-electron chi connectivity index (χ0n) is 15.2. The van der Waals surface area contributed by atoms with Gasteiger partial charge in [-0.15, -0.1) is 0 Å². The second kappa shape index (κ2) is 17.7. The molecule has 0 aromatic carbocycles. The van der Waals surface area contributed by atoms with Crippen molar-refractivity contribution in [2.75, 3.05) is 6.61 Å². The Morgan fingerprint density at radius 3 is 2.23 bits per heavy atom. The molecular weight excluding hydrogens is 272 g/mol. The maximum Gasteiger partial charge on any atom is 0.305 e. The van der Waals surface area contributed by atoms with E-state index < -0.39 is 0 Å². The summed E-state index contributed by atoms with van der Waals surface area (Å²) in [7, 11) is 0. The SMILES string of the molecule is C=CC(=C)CCC=C(C)C.CCCCCCOC(=O)CCC. The lowest BCUT2D eigenvalue weighted by Crippen LogP contribution is -2.04. The first-order valence-corrected chi connectivity index (χ1v) is 8.57. The number of allylic oxidation sites excluding steroid dienone is 4. The summed E-state index contributed by atoms with van der Waals surface area (Å²) in [5, 5.41) is 0. The van der Waals surface area contributed by atoms with Crippen LogP contribution in [0.4, 0.5) is 0 Å². The van der Waals surface area contributed by atoms with E-state index in [-0.39, 0.29) is 5.97 Å². The summed E-state index contributed by atoms with van der Waals surface area (Å²) in [5.74, 6) is -0.0472. The Kier molecular flexibility index (Phi) is 18.5. The normalized spacial score (nSPS) is 9.27. The van der Waals surface area contributed by atoms with Crippen LogP contribution in [0.25, 0.3) is 0 Å². The first-order valence-electron chi connectivity index (χ1n) is 8.57. The lowest BCUT2D eigenvalue weighted by Gasteiger charge is -2.02. The topological polar surface area (TPSA) is 26.3 Å². The molecule has 0 bridgehead atoms. The van der Waals surface area contributed by atoms with Crippen LogP contribution in [-0.2, 0) is 9.53 Å². The van der Waals surface area contributed by atoms with Gasteiger partial charge in [-0.1, -0.05) is 69.6 Å². The second-order valence-electron chi connectivity index (χ2n) is 5.71. The number of carbonyl (C=O) groups excluding carboxylic acids is 1. The van der Waals surface area contributed by atoms with Gasteiger partial charge < -0.3 is 4.74 Å². The molecule has 0 atom stereocenters. The summed E-state index contributed by atoms with van der Waals surface area (Å²) >= 11 is 0. The van der Waals surface area contributed by atoms with Gasteiger partial charge in [-0.3, -0.25) is 4.79 Å². The fraction of sp³-hybridized carbons (Fsp3) is 0.650. The lowest BCUT2D eigenvalue weighted by atomic mass is 10.1. The van der Waals surface area contributed by atoms with E-state index in [0.717, 1.165) is 31.3 Å². The third-order valence-corrected chi connectivity index (χ3v) is 3.02. The molecular formula is C20H36O2. The Morgan fingerprint density at radius 1 is 1.05 bits per heavy atom. The van der Waals surface area contributed by atoms with Crippen LogP contribution in [0.15, 0.2) is 36.5 Å². The van der Waals surface area contributed by atoms with E-state index >= 15 is 0 Å². The van der Waals surface area contributed by atoms with Crippen molar-refractivity contribution in [2.45, 2.75) is 79.1 Å². The van der Waals surface area contributed by atoms with E-state index in [4.69, 9.17) is 4.74 Å². The van der Waals surface area contributed by atoms with Crippen molar-refractivity contribution in [3.63, 3.8) is 0 Å². The van der Waals surface area contributed by atoms with E-state index in [1.807, 2.05) is 13.0 Å². The second-order valence-corrected chi connectivity index (χ2v) is 5.71. The number of unbranched alkanes of at least 4 members (excludes halogenated alkanes) is 3. The zero-order chi connectivity index (χ0) is 17.2. The third-order valence-electron chi connectivity index (χ3n) is 3.02. The summed E-state index contributed by atoms with van der Waals surface area (Å²) in [6.45, 7) is 16.4. The van der Waals surface area contributed by atoms with Gasteiger partial charge in [0.25, 0.3) is 0 Å². The highest BCUT2D eigenvalue weighted by molar-refractivity contribution is 5.69. The van der Waals surface area contributed by atoms with Gasteiger partial charge in [0.1, 0.15) is 0 Å². The minimum atomic E-state index is -0.0472. The Labute approximate surface area is 138 Å². The minimum Gasteiger partial charge on any atom is -0.466 e. The number of ether oxygens (including phenoxy) is 1. The van der Waals surface area contributed by atoms with E-state index in [1.165, 1.54) is 24.8 Å². The van der Waals surface area contributed by atoms with Crippen LogP contribution in [0.1, 0.15) is 79.1 Å². The van der Waals surface area contributed by atoms with E-state index in [0.29, 0.717) is 13.0 Å². The maximum absolute atomic E-state index is 10.9. The van der Waals surface area contributed by atoms with Crippen LogP contribution < -0.4 is 0 Å². The molecule has 2 heteroatoms. The molecule has 0 aliphatic rings. The van der Waals surface area contributed by atoms with Gasteiger partial charge in [0.15, 0.2) is 0 Å². The largest absolute Gasteiger partial charge is 0.466 e. The molecule has 0 saturated carbocycles. The van der Waals surface area contributed by atoms with Crippen molar-refractivity contribution < 1.29 is 9.53 Å². The molecule has 0 N–H and O–H groups in total. The summed E-state index contributed by atoms with van der Waals surface area (Å²) in [4.78, 5) is 10.9. The highest BCUT2D eigenvalue weighted by Crippen LogP contribution is 2.05. The van der Waals surface area contributed by atoms with Crippen molar-refractivity contribution in [1.82, 2.24) is 0 Å². The third kappa shape index (κ3) is 21.0. The van der Waals surface area contributed by atoms with Gasteiger partial charge in [0.05, 0.1) is 6.61 Å². The zero-order valence-corrected chi connectivity index (χ0v) is 15.2. The first-order chi connectivity index (χ1) is 10.5. The Bertz CT molecular complexity index is 323. The molecule has 0 spiro atoms. The number of carbonyl (C=O) groups is 1. The van der Waals surface area contributed by atoms with E-state index in [1.54, 1.807) is 0 Å². The average molecular weight is 309 g/mol. The number of rotatable bonds is 11. The molecule has 0 aliphatic carbocycles. The molecule has 0 aromatic rings. The number of esters is 1.